The van der Waals surface area contributed by atoms with Crippen LogP contribution in [0.4, 0.5) is 0 Å². The highest BCUT2D eigenvalue weighted by molar-refractivity contribution is 9.10. The molecule has 0 saturated heterocycles. The number of halogens is 1. The van der Waals surface area contributed by atoms with E-state index in [4.69, 9.17) is 15.0 Å². The molecular weight excluding hydrogens is 496 g/mol. The SMILES string of the molecule is CS(=O)(=O)O.NC(=O)C(NCc1ccc(OCc2cccc(Br)c2)cc1)c1ccccc1. The van der Waals surface area contributed by atoms with Crippen molar-refractivity contribution in [2.24, 2.45) is 5.73 Å². The fourth-order valence-corrected chi connectivity index (χ4v) is 3.19. The van der Waals surface area contributed by atoms with E-state index in [0.717, 1.165) is 26.9 Å². The molecule has 3 aromatic carbocycles. The van der Waals surface area contributed by atoms with Gasteiger partial charge in [-0.25, -0.2) is 0 Å². The first-order valence-electron chi connectivity index (χ1n) is 9.58. The Bertz CT molecular complexity index is 1100. The van der Waals surface area contributed by atoms with E-state index in [1.54, 1.807) is 0 Å². The second-order valence-electron chi connectivity index (χ2n) is 6.92. The zero-order chi connectivity index (χ0) is 23.6. The summed E-state index contributed by atoms with van der Waals surface area (Å²) in [5.74, 6) is 0.406. The highest BCUT2D eigenvalue weighted by Crippen LogP contribution is 2.18. The van der Waals surface area contributed by atoms with Crippen LogP contribution in [0.2, 0.25) is 0 Å². The maximum Gasteiger partial charge on any atom is 0.261 e. The molecule has 1 atom stereocenters. The molecule has 0 aliphatic rings. The molecule has 3 rings (SSSR count). The van der Waals surface area contributed by atoms with Gasteiger partial charge in [-0.1, -0.05) is 70.5 Å². The Balaban J connectivity index is 0.000000654. The van der Waals surface area contributed by atoms with Crippen LogP contribution in [0.25, 0.3) is 0 Å². The molecular formula is C23H25BrN2O5S. The van der Waals surface area contributed by atoms with Gasteiger partial charge in [-0.05, 0) is 41.0 Å². The van der Waals surface area contributed by atoms with Crippen molar-refractivity contribution in [3.05, 3.63) is 100 Å². The number of benzene rings is 3. The molecule has 0 heterocycles. The summed E-state index contributed by atoms with van der Waals surface area (Å²) in [6.45, 7) is 1.04. The highest BCUT2D eigenvalue weighted by Gasteiger charge is 2.16. The predicted octanol–water partition coefficient (Wildman–Crippen LogP) is 3.85. The minimum Gasteiger partial charge on any atom is -0.489 e. The summed E-state index contributed by atoms with van der Waals surface area (Å²) in [6.07, 6.45) is 0.715. The maximum atomic E-state index is 11.8. The Morgan fingerprint density at radius 3 is 2.22 bits per heavy atom. The third-order valence-corrected chi connectivity index (χ3v) is 4.64. The van der Waals surface area contributed by atoms with Crippen molar-refractivity contribution < 1.29 is 22.5 Å². The molecule has 0 saturated carbocycles. The highest BCUT2D eigenvalue weighted by atomic mass is 79.9. The average Bonchev–Trinajstić information content (AvgIpc) is 2.73. The van der Waals surface area contributed by atoms with E-state index in [1.807, 2.05) is 78.9 Å². The standard InChI is InChI=1S/C22H21BrN2O2.CH4O3S/c23-19-8-4-5-17(13-19)15-27-20-11-9-16(10-12-20)14-25-21(22(24)26)18-6-2-1-3-7-18;1-5(2,3)4/h1-13,21,25H,14-15H2,(H2,24,26);1H3,(H,2,3,4). The fourth-order valence-electron chi connectivity index (χ4n) is 2.75. The molecule has 0 aliphatic carbocycles. The molecule has 3 aromatic rings. The number of carbonyl (C=O) groups excluding carboxylic acids is 1. The molecule has 1 unspecified atom stereocenters. The first-order valence-corrected chi connectivity index (χ1v) is 12.2. The Morgan fingerprint density at radius 2 is 1.66 bits per heavy atom. The molecule has 1 amide bonds. The van der Waals surface area contributed by atoms with Crippen molar-refractivity contribution in [2.45, 2.75) is 19.2 Å². The summed E-state index contributed by atoms with van der Waals surface area (Å²) in [5, 5.41) is 3.21. The molecule has 0 radical (unpaired) electrons. The van der Waals surface area contributed by atoms with E-state index in [0.29, 0.717) is 19.4 Å². The lowest BCUT2D eigenvalue weighted by Gasteiger charge is -2.16. The van der Waals surface area contributed by atoms with Crippen LogP contribution in [0.5, 0.6) is 5.75 Å². The average molecular weight is 521 g/mol. The smallest absolute Gasteiger partial charge is 0.261 e. The van der Waals surface area contributed by atoms with Crippen LogP contribution in [0, 0.1) is 0 Å². The maximum absolute atomic E-state index is 11.8. The number of nitrogens with one attached hydrogen (secondary N) is 1. The molecule has 32 heavy (non-hydrogen) atoms. The van der Waals surface area contributed by atoms with E-state index >= 15 is 0 Å². The number of hydrogen-bond donors (Lipinski definition) is 3. The largest absolute Gasteiger partial charge is 0.489 e. The normalized spacial score (nSPS) is 11.7. The number of carbonyl (C=O) groups is 1. The fraction of sp³-hybridized carbons (Fsp3) is 0.174. The van der Waals surface area contributed by atoms with E-state index in [9.17, 15) is 13.2 Å². The summed E-state index contributed by atoms with van der Waals surface area (Å²) < 4.78 is 32.7. The van der Waals surface area contributed by atoms with E-state index in [-0.39, 0.29) is 0 Å². The van der Waals surface area contributed by atoms with Crippen LogP contribution >= 0.6 is 15.9 Å². The van der Waals surface area contributed by atoms with Crippen molar-refractivity contribution in [1.82, 2.24) is 5.32 Å². The molecule has 9 heteroatoms. The molecule has 7 nitrogen and oxygen atoms in total. The van der Waals surface area contributed by atoms with Gasteiger partial charge in [-0.15, -0.1) is 0 Å². The number of rotatable bonds is 8. The van der Waals surface area contributed by atoms with Gasteiger partial charge in [0.25, 0.3) is 10.1 Å². The van der Waals surface area contributed by atoms with Gasteiger partial charge in [0.1, 0.15) is 18.4 Å². The van der Waals surface area contributed by atoms with Crippen LogP contribution < -0.4 is 15.8 Å². The lowest BCUT2D eigenvalue weighted by molar-refractivity contribution is -0.120. The second-order valence-corrected chi connectivity index (χ2v) is 9.30. The quantitative estimate of drug-likeness (QED) is 0.388. The van der Waals surface area contributed by atoms with Crippen LogP contribution in [0.1, 0.15) is 22.7 Å². The van der Waals surface area contributed by atoms with E-state index in [1.165, 1.54) is 0 Å². The van der Waals surface area contributed by atoms with Crippen LogP contribution in [-0.4, -0.2) is 25.1 Å². The van der Waals surface area contributed by atoms with Crippen molar-refractivity contribution >= 4 is 32.0 Å². The Labute approximate surface area is 196 Å². The van der Waals surface area contributed by atoms with Gasteiger partial charge in [0.05, 0.1) is 6.26 Å². The Kier molecular flexibility index (Phi) is 9.86. The van der Waals surface area contributed by atoms with Gasteiger partial charge in [0.2, 0.25) is 5.91 Å². The lowest BCUT2D eigenvalue weighted by atomic mass is 10.1. The number of hydrogen-bond acceptors (Lipinski definition) is 5. The van der Waals surface area contributed by atoms with E-state index in [2.05, 4.69) is 21.2 Å². The predicted molar refractivity (Wildman–Crippen MR) is 128 cm³/mol. The molecule has 170 valence electrons. The zero-order valence-electron chi connectivity index (χ0n) is 17.4. The molecule has 4 N–H and O–H groups in total. The van der Waals surface area contributed by atoms with Gasteiger partial charge < -0.3 is 10.5 Å². The molecule has 0 spiro atoms. The molecule has 0 aromatic heterocycles. The summed E-state index contributed by atoms with van der Waals surface area (Å²) in [5.41, 5.74) is 8.55. The molecule has 0 aliphatic heterocycles. The van der Waals surface area contributed by atoms with Crippen LogP contribution in [0.15, 0.2) is 83.3 Å². The van der Waals surface area contributed by atoms with Crippen LogP contribution in [-0.2, 0) is 28.1 Å². The first kappa shape index (κ1) is 25.5. The van der Waals surface area contributed by atoms with Gasteiger partial charge in [0.15, 0.2) is 0 Å². The number of amides is 1. The summed E-state index contributed by atoms with van der Waals surface area (Å²) >= 11 is 3.46. The minimum atomic E-state index is -3.67. The van der Waals surface area contributed by atoms with Crippen molar-refractivity contribution in [3.63, 3.8) is 0 Å². The van der Waals surface area contributed by atoms with Gasteiger partial charge >= 0.3 is 0 Å². The second kappa shape index (κ2) is 12.4. The Morgan fingerprint density at radius 1 is 1.03 bits per heavy atom. The van der Waals surface area contributed by atoms with Crippen molar-refractivity contribution in [1.29, 1.82) is 0 Å². The van der Waals surface area contributed by atoms with Crippen molar-refractivity contribution in [2.75, 3.05) is 6.26 Å². The Hall–Kier alpha value is -2.72. The summed E-state index contributed by atoms with van der Waals surface area (Å²) in [6, 6.07) is 24.8. The summed E-state index contributed by atoms with van der Waals surface area (Å²) in [4.78, 5) is 11.8. The lowest BCUT2D eigenvalue weighted by Crippen LogP contribution is -2.33. The van der Waals surface area contributed by atoms with Crippen LogP contribution in [0.3, 0.4) is 0 Å². The monoisotopic (exact) mass is 520 g/mol. The topological polar surface area (TPSA) is 119 Å². The van der Waals surface area contributed by atoms with Gasteiger partial charge in [-0.3, -0.25) is 14.7 Å². The zero-order valence-corrected chi connectivity index (χ0v) is 19.8. The third-order valence-electron chi connectivity index (χ3n) is 4.15. The van der Waals surface area contributed by atoms with Gasteiger partial charge in [-0.2, -0.15) is 8.42 Å². The van der Waals surface area contributed by atoms with E-state index < -0.39 is 22.1 Å². The first-order chi connectivity index (χ1) is 15.1. The number of primary amides is 1. The minimum absolute atomic E-state index is 0.393. The number of ether oxygens (including phenoxy) is 1. The van der Waals surface area contributed by atoms with Gasteiger partial charge in [0, 0.05) is 11.0 Å². The summed E-state index contributed by atoms with van der Waals surface area (Å²) in [7, 11) is -3.67. The third kappa shape index (κ3) is 10.1. The molecule has 0 fully saturated rings. The molecule has 0 bridgehead atoms. The van der Waals surface area contributed by atoms with Crippen molar-refractivity contribution in [3.8, 4) is 5.75 Å². The number of nitrogens with two attached hydrogens (primary N) is 1.